The Hall–Kier alpha value is -1.85. The quantitative estimate of drug-likeness (QED) is 0.699. The van der Waals surface area contributed by atoms with Crippen molar-refractivity contribution in [2.75, 3.05) is 30.3 Å². The van der Waals surface area contributed by atoms with Crippen LogP contribution in [0.1, 0.15) is 33.0 Å². The molecule has 0 spiro atoms. The normalized spacial score (nSPS) is 10.1. The summed E-state index contributed by atoms with van der Waals surface area (Å²) in [5.41, 5.74) is 0. The van der Waals surface area contributed by atoms with Gasteiger partial charge in [0, 0.05) is 19.0 Å². The van der Waals surface area contributed by atoms with Crippen molar-refractivity contribution in [3.05, 3.63) is 11.9 Å². The maximum atomic E-state index is 11.3. The molecule has 2 N–H and O–H groups in total. The summed E-state index contributed by atoms with van der Waals surface area (Å²) in [4.78, 5) is 20.1. The van der Waals surface area contributed by atoms with Gasteiger partial charge in [-0.15, -0.1) is 0 Å². The number of ether oxygens (including phenoxy) is 1. The highest BCUT2D eigenvalue weighted by Crippen LogP contribution is 2.12. The van der Waals surface area contributed by atoms with Crippen molar-refractivity contribution in [2.45, 2.75) is 33.6 Å². The zero-order valence-electron chi connectivity index (χ0n) is 11.8. The minimum Gasteiger partial charge on any atom is -0.465 e. The highest BCUT2D eigenvalue weighted by molar-refractivity contribution is 5.74. The molecule has 0 fully saturated rings. The molecule has 1 heterocycles. The van der Waals surface area contributed by atoms with Gasteiger partial charge in [0.25, 0.3) is 0 Å². The van der Waals surface area contributed by atoms with Gasteiger partial charge in [0.15, 0.2) is 0 Å². The van der Waals surface area contributed by atoms with Crippen molar-refractivity contribution in [2.24, 2.45) is 0 Å². The molecule has 0 aliphatic rings. The molecule has 1 aromatic rings. The Labute approximate surface area is 114 Å². The van der Waals surface area contributed by atoms with Gasteiger partial charge in [-0.05, 0) is 20.3 Å². The third-order valence-electron chi connectivity index (χ3n) is 2.32. The number of nitrogens with one attached hydrogen (secondary N) is 2. The van der Waals surface area contributed by atoms with Gasteiger partial charge in [0.1, 0.15) is 24.0 Å². The van der Waals surface area contributed by atoms with Crippen LogP contribution in [0, 0.1) is 0 Å². The molecule has 6 heteroatoms. The summed E-state index contributed by atoms with van der Waals surface area (Å²) in [7, 11) is 0. The van der Waals surface area contributed by atoms with E-state index in [1.54, 1.807) is 13.0 Å². The van der Waals surface area contributed by atoms with E-state index in [9.17, 15) is 4.79 Å². The van der Waals surface area contributed by atoms with Crippen LogP contribution in [-0.2, 0) is 16.0 Å². The number of nitrogens with zero attached hydrogens (tertiary/aromatic N) is 2. The summed E-state index contributed by atoms with van der Waals surface area (Å²) in [5.74, 6) is 1.89. The molecule has 19 heavy (non-hydrogen) atoms. The second-order valence-corrected chi connectivity index (χ2v) is 3.99. The van der Waals surface area contributed by atoms with E-state index in [-0.39, 0.29) is 12.5 Å². The number of hydrogen-bond donors (Lipinski definition) is 2. The van der Waals surface area contributed by atoms with Crippen LogP contribution in [0.15, 0.2) is 6.07 Å². The molecule has 1 aromatic heterocycles. The molecular weight excluding hydrogens is 244 g/mol. The predicted molar refractivity (Wildman–Crippen MR) is 75.3 cm³/mol. The topological polar surface area (TPSA) is 76.1 Å². The Bertz CT molecular complexity index is 385. The molecule has 6 nitrogen and oxygen atoms in total. The smallest absolute Gasteiger partial charge is 0.325 e. The first-order valence-corrected chi connectivity index (χ1v) is 6.70. The summed E-state index contributed by atoms with van der Waals surface area (Å²) < 4.78 is 4.86. The van der Waals surface area contributed by atoms with Crippen LogP contribution in [0.5, 0.6) is 0 Å². The van der Waals surface area contributed by atoms with E-state index >= 15 is 0 Å². The van der Waals surface area contributed by atoms with Gasteiger partial charge in [0.05, 0.1) is 6.61 Å². The lowest BCUT2D eigenvalue weighted by molar-refractivity contribution is -0.140. The highest BCUT2D eigenvalue weighted by Gasteiger charge is 2.06. The minimum atomic E-state index is -0.289. The molecule has 0 atom stereocenters. The number of carbonyl (C=O) groups is 1. The van der Waals surface area contributed by atoms with Crippen LogP contribution in [0.4, 0.5) is 11.6 Å². The molecule has 0 saturated carbocycles. The fraction of sp³-hybridized carbons (Fsp3) is 0.615. The number of aryl methyl sites for hydroxylation is 1. The SMILES string of the molecule is CCCc1nc(NCC)cc(NCC(=O)OCC)n1. The number of anilines is 2. The van der Waals surface area contributed by atoms with Crippen molar-refractivity contribution in [1.29, 1.82) is 0 Å². The maximum absolute atomic E-state index is 11.3. The fourth-order valence-corrected chi connectivity index (χ4v) is 1.57. The number of esters is 1. The van der Waals surface area contributed by atoms with E-state index in [4.69, 9.17) is 4.74 Å². The van der Waals surface area contributed by atoms with Crippen LogP contribution >= 0.6 is 0 Å². The second kappa shape index (κ2) is 8.29. The van der Waals surface area contributed by atoms with Crippen molar-refractivity contribution >= 4 is 17.6 Å². The first-order chi connectivity index (χ1) is 9.19. The van der Waals surface area contributed by atoms with Crippen molar-refractivity contribution < 1.29 is 9.53 Å². The average molecular weight is 266 g/mol. The van der Waals surface area contributed by atoms with Gasteiger partial charge < -0.3 is 15.4 Å². The van der Waals surface area contributed by atoms with E-state index in [0.29, 0.717) is 12.4 Å². The van der Waals surface area contributed by atoms with Crippen molar-refractivity contribution in [3.8, 4) is 0 Å². The number of hydrogen-bond acceptors (Lipinski definition) is 6. The molecule has 0 aliphatic carbocycles. The molecule has 0 aromatic carbocycles. The standard InChI is InChI=1S/C13H22N4O2/c1-4-7-10-16-11(14-5-2)8-12(17-10)15-9-13(18)19-6-3/h8H,4-7,9H2,1-3H3,(H2,14,15,16,17). The lowest BCUT2D eigenvalue weighted by Crippen LogP contribution is -2.18. The monoisotopic (exact) mass is 266 g/mol. The highest BCUT2D eigenvalue weighted by atomic mass is 16.5. The Balaban J connectivity index is 2.72. The summed E-state index contributed by atoms with van der Waals surface area (Å²) in [6.07, 6.45) is 1.79. The van der Waals surface area contributed by atoms with Gasteiger partial charge in [-0.2, -0.15) is 0 Å². The molecule has 0 bridgehead atoms. The number of aromatic nitrogens is 2. The second-order valence-electron chi connectivity index (χ2n) is 3.99. The molecule has 1 rings (SSSR count). The molecule has 0 radical (unpaired) electrons. The molecular formula is C13H22N4O2. The lowest BCUT2D eigenvalue weighted by atomic mass is 10.3. The Morgan fingerprint density at radius 1 is 1.21 bits per heavy atom. The minimum absolute atomic E-state index is 0.113. The van der Waals surface area contributed by atoms with Gasteiger partial charge in [-0.1, -0.05) is 6.92 Å². The van der Waals surface area contributed by atoms with Gasteiger partial charge in [-0.3, -0.25) is 4.79 Å². The first kappa shape index (κ1) is 15.2. The number of rotatable bonds is 8. The third-order valence-corrected chi connectivity index (χ3v) is 2.32. The zero-order chi connectivity index (χ0) is 14.1. The predicted octanol–water partition coefficient (Wildman–Crippen LogP) is 1.84. The van der Waals surface area contributed by atoms with Crippen LogP contribution in [0.3, 0.4) is 0 Å². The summed E-state index contributed by atoms with van der Waals surface area (Å²) >= 11 is 0. The lowest BCUT2D eigenvalue weighted by Gasteiger charge is -2.10. The van der Waals surface area contributed by atoms with E-state index in [2.05, 4.69) is 27.5 Å². The summed E-state index contributed by atoms with van der Waals surface area (Å²) in [6.45, 7) is 7.16. The third kappa shape index (κ3) is 5.54. The summed E-state index contributed by atoms with van der Waals surface area (Å²) in [5, 5.41) is 6.11. The molecule has 0 saturated heterocycles. The van der Waals surface area contributed by atoms with Crippen molar-refractivity contribution in [3.63, 3.8) is 0 Å². The molecule has 0 aliphatic heterocycles. The molecule has 0 amide bonds. The maximum Gasteiger partial charge on any atom is 0.325 e. The van der Waals surface area contributed by atoms with Crippen LogP contribution in [0.25, 0.3) is 0 Å². The Morgan fingerprint density at radius 3 is 2.47 bits per heavy atom. The fourth-order valence-electron chi connectivity index (χ4n) is 1.57. The number of carbonyl (C=O) groups excluding carboxylic acids is 1. The molecule has 0 unspecified atom stereocenters. The van der Waals surface area contributed by atoms with Crippen LogP contribution < -0.4 is 10.6 Å². The van der Waals surface area contributed by atoms with Crippen molar-refractivity contribution in [1.82, 2.24) is 9.97 Å². The van der Waals surface area contributed by atoms with Crippen LogP contribution in [-0.4, -0.2) is 35.6 Å². The van der Waals surface area contributed by atoms with Gasteiger partial charge >= 0.3 is 5.97 Å². The van der Waals surface area contributed by atoms with E-state index < -0.39 is 0 Å². The van der Waals surface area contributed by atoms with E-state index in [1.807, 2.05) is 6.92 Å². The Morgan fingerprint density at radius 2 is 1.89 bits per heavy atom. The molecule has 106 valence electrons. The van der Waals surface area contributed by atoms with Gasteiger partial charge in [-0.25, -0.2) is 9.97 Å². The average Bonchev–Trinajstić information content (AvgIpc) is 2.37. The summed E-state index contributed by atoms with van der Waals surface area (Å²) in [6, 6.07) is 1.79. The largest absolute Gasteiger partial charge is 0.465 e. The van der Waals surface area contributed by atoms with Gasteiger partial charge in [0.2, 0.25) is 0 Å². The Kier molecular flexibility index (Phi) is 6.63. The van der Waals surface area contributed by atoms with E-state index in [1.165, 1.54) is 0 Å². The van der Waals surface area contributed by atoms with Crippen LogP contribution in [0.2, 0.25) is 0 Å². The first-order valence-electron chi connectivity index (χ1n) is 6.70. The zero-order valence-corrected chi connectivity index (χ0v) is 11.8. The van der Waals surface area contributed by atoms with E-state index in [0.717, 1.165) is 31.0 Å².